The molecule has 0 saturated heterocycles. The first-order valence-corrected chi connectivity index (χ1v) is 6.34. The van der Waals surface area contributed by atoms with Crippen molar-refractivity contribution in [3.05, 3.63) is 18.0 Å². The zero-order chi connectivity index (χ0) is 11.3. The third-order valence-corrected chi connectivity index (χ3v) is 3.43. The van der Waals surface area contributed by atoms with Crippen LogP contribution in [0.2, 0.25) is 0 Å². The number of nitrogens with zero attached hydrogens (tertiary/aromatic N) is 2. The van der Waals surface area contributed by atoms with Gasteiger partial charge in [-0.25, -0.2) is 13.1 Å². The van der Waals surface area contributed by atoms with Gasteiger partial charge in [-0.2, -0.15) is 5.10 Å². The van der Waals surface area contributed by atoms with Crippen molar-refractivity contribution in [3.63, 3.8) is 0 Å². The van der Waals surface area contributed by atoms with Gasteiger partial charge < -0.3 is 5.73 Å². The minimum absolute atomic E-state index is 0.0294. The molecule has 0 aliphatic heterocycles. The Bertz CT molecular complexity index is 399. The normalized spacial score (nSPS) is 11.9. The van der Waals surface area contributed by atoms with Gasteiger partial charge >= 0.3 is 0 Å². The zero-order valence-electron chi connectivity index (χ0n) is 8.68. The molecule has 1 aromatic heterocycles. The van der Waals surface area contributed by atoms with Crippen LogP contribution in [0.25, 0.3) is 0 Å². The molecular formula is C8H16N4O2S. The van der Waals surface area contributed by atoms with Crippen LogP contribution in [0.3, 0.4) is 0 Å². The standard InChI is InChI=1S/C8H16N4O2S/c1-12-8(2-5-10-12)3-6-11-15(13,14)7-4-9/h2,5,11H,3-4,6-7,9H2,1H3. The van der Waals surface area contributed by atoms with Crippen LogP contribution in [-0.2, 0) is 23.5 Å². The number of nitrogens with one attached hydrogen (secondary N) is 1. The van der Waals surface area contributed by atoms with E-state index in [2.05, 4.69) is 9.82 Å². The summed E-state index contributed by atoms with van der Waals surface area (Å²) in [7, 11) is -1.38. The Hall–Kier alpha value is -0.920. The smallest absolute Gasteiger partial charge is 0.212 e. The van der Waals surface area contributed by atoms with Crippen LogP contribution in [0.15, 0.2) is 12.3 Å². The molecule has 0 aliphatic carbocycles. The summed E-state index contributed by atoms with van der Waals surface area (Å²) in [6.07, 6.45) is 2.31. The molecule has 0 aromatic carbocycles. The lowest BCUT2D eigenvalue weighted by molar-refractivity contribution is 0.579. The highest BCUT2D eigenvalue weighted by molar-refractivity contribution is 7.89. The van der Waals surface area contributed by atoms with Gasteiger partial charge in [0.15, 0.2) is 0 Å². The SMILES string of the molecule is Cn1nccc1CCNS(=O)(=O)CCN. The number of rotatable bonds is 6. The number of hydrogen-bond acceptors (Lipinski definition) is 4. The summed E-state index contributed by atoms with van der Waals surface area (Å²) >= 11 is 0. The summed E-state index contributed by atoms with van der Waals surface area (Å²) in [6.45, 7) is 0.517. The molecule has 1 aromatic rings. The zero-order valence-corrected chi connectivity index (χ0v) is 9.50. The summed E-state index contributed by atoms with van der Waals surface area (Å²) in [5.74, 6) is -0.0294. The summed E-state index contributed by atoms with van der Waals surface area (Å²) in [4.78, 5) is 0. The Balaban J connectivity index is 2.37. The van der Waals surface area contributed by atoms with Crippen molar-refractivity contribution in [2.75, 3.05) is 18.8 Å². The third kappa shape index (κ3) is 3.98. The van der Waals surface area contributed by atoms with E-state index in [1.165, 1.54) is 0 Å². The van der Waals surface area contributed by atoms with Gasteiger partial charge in [-0.1, -0.05) is 0 Å². The molecule has 7 heteroatoms. The predicted molar refractivity (Wildman–Crippen MR) is 57.8 cm³/mol. The highest BCUT2D eigenvalue weighted by Crippen LogP contribution is 1.96. The first-order chi connectivity index (χ1) is 7.05. The first-order valence-electron chi connectivity index (χ1n) is 4.69. The van der Waals surface area contributed by atoms with Gasteiger partial charge in [-0.3, -0.25) is 4.68 Å². The quantitative estimate of drug-likeness (QED) is 0.647. The second-order valence-corrected chi connectivity index (χ2v) is 5.12. The maximum absolute atomic E-state index is 11.2. The van der Waals surface area contributed by atoms with Crippen LogP contribution in [0, 0.1) is 0 Å². The van der Waals surface area contributed by atoms with Crippen LogP contribution >= 0.6 is 0 Å². The van der Waals surface area contributed by atoms with Crippen LogP contribution in [0.5, 0.6) is 0 Å². The van der Waals surface area contributed by atoms with Gasteiger partial charge in [-0.15, -0.1) is 0 Å². The van der Waals surface area contributed by atoms with Gasteiger partial charge in [0.1, 0.15) is 0 Å². The lowest BCUT2D eigenvalue weighted by Gasteiger charge is -2.05. The van der Waals surface area contributed by atoms with Gasteiger partial charge in [-0.05, 0) is 6.07 Å². The van der Waals surface area contributed by atoms with Crippen LogP contribution in [0.4, 0.5) is 0 Å². The van der Waals surface area contributed by atoms with Gasteiger partial charge in [0, 0.05) is 38.4 Å². The molecule has 0 radical (unpaired) electrons. The van der Waals surface area contributed by atoms with Crippen molar-refractivity contribution >= 4 is 10.0 Å². The molecule has 0 bridgehead atoms. The van der Waals surface area contributed by atoms with E-state index in [0.29, 0.717) is 13.0 Å². The Kier molecular flexibility index (Phi) is 4.25. The molecular weight excluding hydrogens is 216 g/mol. The maximum atomic E-state index is 11.2. The van der Waals surface area contributed by atoms with E-state index in [0.717, 1.165) is 5.69 Å². The monoisotopic (exact) mass is 232 g/mol. The average molecular weight is 232 g/mol. The number of nitrogens with two attached hydrogens (primary N) is 1. The van der Waals surface area contributed by atoms with E-state index in [1.807, 2.05) is 13.1 Å². The van der Waals surface area contributed by atoms with Crippen molar-refractivity contribution in [2.24, 2.45) is 12.8 Å². The molecule has 1 rings (SSSR count). The lowest BCUT2D eigenvalue weighted by Crippen LogP contribution is -2.31. The molecule has 0 saturated carbocycles. The van der Waals surface area contributed by atoms with Crippen LogP contribution in [0.1, 0.15) is 5.69 Å². The Labute approximate surface area is 89.5 Å². The number of aryl methyl sites for hydroxylation is 1. The first kappa shape index (κ1) is 12.2. The molecule has 0 unspecified atom stereocenters. The van der Waals surface area contributed by atoms with Gasteiger partial charge in [0.25, 0.3) is 0 Å². The molecule has 3 N–H and O–H groups in total. The van der Waals surface area contributed by atoms with E-state index in [1.54, 1.807) is 10.9 Å². The van der Waals surface area contributed by atoms with E-state index in [4.69, 9.17) is 5.73 Å². The van der Waals surface area contributed by atoms with E-state index >= 15 is 0 Å². The Morgan fingerprint density at radius 3 is 2.87 bits per heavy atom. The number of hydrogen-bond donors (Lipinski definition) is 2. The summed E-state index contributed by atoms with van der Waals surface area (Å²) in [6, 6.07) is 1.86. The maximum Gasteiger partial charge on any atom is 0.212 e. The highest BCUT2D eigenvalue weighted by atomic mass is 32.2. The van der Waals surface area contributed by atoms with Crippen LogP contribution in [-0.4, -0.2) is 37.0 Å². The minimum Gasteiger partial charge on any atom is -0.329 e. The van der Waals surface area contributed by atoms with Crippen LogP contribution < -0.4 is 10.5 Å². The summed E-state index contributed by atoms with van der Waals surface area (Å²) < 4.78 is 26.7. The number of sulfonamides is 1. The molecule has 15 heavy (non-hydrogen) atoms. The van der Waals surface area contributed by atoms with E-state index < -0.39 is 10.0 Å². The van der Waals surface area contributed by atoms with Crippen molar-refractivity contribution in [2.45, 2.75) is 6.42 Å². The third-order valence-electron chi connectivity index (χ3n) is 2.01. The van der Waals surface area contributed by atoms with Crippen molar-refractivity contribution < 1.29 is 8.42 Å². The molecule has 86 valence electrons. The Morgan fingerprint density at radius 2 is 2.33 bits per heavy atom. The predicted octanol–water partition coefficient (Wildman–Crippen LogP) is -1.16. The molecule has 0 aliphatic rings. The molecule has 0 atom stereocenters. The molecule has 0 spiro atoms. The fraction of sp³-hybridized carbons (Fsp3) is 0.625. The molecule has 0 fully saturated rings. The average Bonchev–Trinajstić information content (AvgIpc) is 2.51. The minimum atomic E-state index is -3.20. The second-order valence-electron chi connectivity index (χ2n) is 3.20. The topological polar surface area (TPSA) is 90.0 Å². The summed E-state index contributed by atoms with van der Waals surface area (Å²) in [5, 5.41) is 3.99. The van der Waals surface area contributed by atoms with Crippen molar-refractivity contribution in [3.8, 4) is 0 Å². The fourth-order valence-electron chi connectivity index (χ4n) is 1.21. The van der Waals surface area contributed by atoms with Gasteiger partial charge in [0.2, 0.25) is 10.0 Å². The van der Waals surface area contributed by atoms with Gasteiger partial charge in [0.05, 0.1) is 5.75 Å². The second kappa shape index (κ2) is 5.24. The summed E-state index contributed by atoms with van der Waals surface area (Å²) in [5.41, 5.74) is 6.16. The van der Waals surface area contributed by atoms with Crippen molar-refractivity contribution in [1.29, 1.82) is 0 Å². The number of aromatic nitrogens is 2. The largest absolute Gasteiger partial charge is 0.329 e. The van der Waals surface area contributed by atoms with Crippen molar-refractivity contribution in [1.82, 2.24) is 14.5 Å². The Morgan fingerprint density at radius 1 is 1.60 bits per heavy atom. The molecule has 1 heterocycles. The molecule has 6 nitrogen and oxygen atoms in total. The lowest BCUT2D eigenvalue weighted by atomic mass is 10.3. The van der Waals surface area contributed by atoms with E-state index in [-0.39, 0.29) is 12.3 Å². The highest BCUT2D eigenvalue weighted by Gasteiger charge is 2.08. The molecule has 0 amide bonds. The van der Waals surface area contributed by atoms with E-state index in [9.17, 15) is 8.42 Å². The fourth-order valence-corrected chi connectivity index (χ4v) is 2.08.